The van der Waals surface area contributed by atoms with Crippen LogP contribution in [0.2, 0.25) is 0 Å². The molecule has 0 bridgehead atoms. The molecule has 0 heterocycles. The van der Waals surface area contributed by atoms with E-state index in [-0.39, 0.29) is 43.6 Å². The monoisotopic (exact) mass is 778 g/mol. The van der Waals surface area contributed by atoms with Crippen LogP contribution in [-0.2, 0) is 33.6 Å². The molecule has 8 N–H and O–H groups in total. The van der Waals surface area contributed by atoms with Crippen molar-refractivity contribution in [1.82, 2.24) is 21.3 Å². The summed E-state index contributed by atoms with van der Waals surface area (Å²) in [6.45, 7) is 2.96. The number of aromatic carboxylic acids is 1. The van der Waals surface area contributed by atoms with Crippen molar-refractivity contribution in [1.29, 1.82) is 0 Å². The smallest absolute Gasteiger partial charge is 0.335 e. The van der Waals surface area contributed by atoms with Crippen LogP contribution in [0.3, 0.4) is 0 Å². The lowest BCUT2D eigenvalue weighted by Gasteiger charge is -2.18. The van der Waals surface area contributed by atoms with Crippen molar-refractivity contribution in [2.24, 2.45) is 0 Å². The molecule has 0 aliphatic carbocycles. The summed E-state index contributed by atoms with van der Waals surface area (Å²) in [5, 5.41) is 46.9. The second kappa shape index (κ2) is 28.3. The summed E-state index contributed by atoms with van der Waals surface area (Å²) in [5.74, 6) is -6.92. The van der Waals surface area contributed by atoms with Crippen molar-refractivity contribution in [3.63, 3.8) is 0 Å². The molecular formula is C38H58N4O13. The highest BCUT2D eigenvalue weighted by atomic mass is 16.5. The first kappa shape index (κ1) is 47.8. The molecule has 3 atom stereocenters. The van der Waals surface area contributed by atoms with Crippen LogP contribution in [0.15, 0.2) is 24.3 Å². The Hall–Kier alpha value is -5.22. The van der Waals surface area contributed by atoms with Crippen LogP contribution >= 0.6 is 0 Å². The molecule has 17 heteroatoms. The summed E-state index contributed by atoms with van der Waals surface area (Å²) >= 11 is 0. The highest BCUT2D eigenvalue weighted by Crippen LogP contribution is 2.15. The highest BCUT2D eigenvalue weighted by Gasteiger charge is 2.26. The Morgan fingerprint density at radius 3 is 1.35 bits per heavy atom. The number of amides is 4. The summed E-state index contributed by atoms with van der Waals surface area (Å²) in [7, 11) is 0. The number of rotatable bonds is 32. The van der Waals surface area contributed by atoms with E-state index < -0.39 is 72.6 Å². The minimum absolute atomic E-state index is 0.118. The number of carbonyl (C=O) groups is 8. The summed E-state index contributed by atoms with van der Waals surface area (Å²) in [6, 6.07) is 2.04. The molecule has 55 heavy (non-hydrogen) atoms. The van der Waals surface area contributed by atoms with Gasteiger partial charge in [0.2, 0.25) is 23.6 Å². The number of hydrogen-bond acceptors (Lipinski definition) is 9. The predicted octanol–water partition coefficient (Wildman–Crippen LogP) is 3.63. The summed E-state index contributed by atoms with van der Waals surface area (Å²) in [4.78, 5) is 95.0. The van der Waals surface area contributed by atoms with Gasteiger partial charge in [-0.2, -0.15) is 0 Å². The zero-order chi connectivity index (χ0) is 41.0. The zero-order valence-corrected chi connectivity index (χ0v) is 31.6. The van der Waals surface area contributed by atoms with E-state index in [1.807, 2.05) is 6.92 Å². The molecule has 1 aromatic carbocycles. The van der Waals surface area contributed by atoms with Gasteiger partial charge >= 0.3 is 23.9 Å². The van der Waals surface area contributed by atoms with Crippen molar-refractivity contribution in [2.75, 3.05) is 13.2 Å². The summed E-state index contributed by atoms with van der Waals surface area (Å²) in [5.41, 5.74) is 0.212. The Balaban J connectivity index is 2.26. The van der Waals surface area contributed by atoms with Gasteiger partial charge in [-0.3, -0.25) is 19.2 Å². The summed E-state index contributed by atoms with van der Waals surface area (Å²) in [6.07, 6.45) is 8.31. The molecule has 308 valence electrons. The van der Waals surface area contributed by atoms with E-state index in [1.165, 1.54) is 12.1 Å². The van der Waals surface area contributed by atoms with Gasteiger partial charge in [-0.05, 0) is 62.8 Å². The van der Waals surface area contributed by atoms with Gasteiger partial charge in [-0.1, -0.05) is 58.3 Å². The van der Waals surface area contributed by atoms with Gasteiger partial charge in [0.25, 0.3) is 0 Å². The van der Waals surface area contributed by atoms with Gasteiger partial charge in [-0.25, -0.2) is 19.2 Å². The Morgan fingerprint density at radius 2 is 0.927 bits per heavy atom. The molecule has 17 nitrogen and oxygen atoms in total. The van der Waals surface area contributed by atoms with E-state index in [2.05, 4.69) is 21.3 Å². The third-order valence-corrected chi connectivity index (χ3v) is 8.65. The first-order valence-electron chi connectivity index (χ1n) is 19.0. The number of ether oxygens (including phenoxy) is 1. The third kappa shape index (κ3) is 23.2. The maximum Gasteiger partial charge on any atom is 0.335 e. The largest absolute Gasteiger partial charge is 0.494 e. The number of aliphatic carboxylic acids is 3. The maximum atomic E-state index is 12.5. The minimum atomic E-state index is -1.51. The van der Waals surface area contributed by atoms with Crippen LogP contribution in [-0.4, -0.2) is 99.2 Å². The summed E-state index contributed by atoms with van der Waals surface area (Å²) < 4.78 is 5.63. The van der Waals surface area contributed by atoms with Crippen LogP contribution in [0.1, 0.15) is 133 Å². The molecule has 0 aliphatic rings. The SMILES string of the molecule is CCCCNC(=O)CC[C@H](NC(=O)CC[C@H](NC(=O)CC[C@H](NC(=O)CCCCCCCCCCCOc1ccc(C(=O)O)cc1)C(=O)O)C(=O)O)C(=O)O. The maximum absolute atomic E-state index is 12.5. The van der Waals surface area contributed by atoms with E-state index in [0.29, 0.717) is 25.3 Å². The number of carbonyl (C=O) groups excluding carboxylic acids is 4. The van der Waals surface area contributed by atoms with E-state index in [1.54, 1.807) is 12.1 Å². The van der Waals surface area contributed by atoms with Crippen molar-refractivity contribution in [3.05, 3.63) is 29.8 Å². The van der Waals surface area contributed by atoms with Gasteiger partial charge in [0, 0.05) is 32.2 Å². The van der Waals surface area contributed by atoms with Crippen LogP contribution in [0.25, 0.3) is 0 Å². The van der Waals surface area contributed by atoms with Crippen LogP contribution < -0.4 is 26.0 Å². The molecule has 4 amide bonds. The second-order valence-corrected chi connectivity index (χ2v) is 13.3. The van der Waals surface area contributed by atoms with Gasteiger partial charge in [0.1, 0.15) is 23.9 Å². The normalized spacial score (nSPS) is 12.4. The van der Waals surface area contributed by atoms with Gasteiger partial charge in [-0.15, -0.1) is 0 Å². The van der Waals surface area contributed by atoms with Crippen molar-refractivity contribution >= 4 is 47.5 Å². The molecule has 0 saturated heterocycles. The molecule has 0 unspecified atom stereocenters. The fourth-order valence-electron chi connectivity index (χ4n) is 5.40. The van der Waals surface area contributed by atoms with Gasteiger partial charge < -0.3 is 46.4 Å². The number of hydrogen-bond donors (Lipinski definition) is 8. The lowest BCUT2D eigenvalue weighted by Crippen LogP contribution is -2.45. The second-order valence-electron chi connectivity index (χ2n) is 13.3. The standard InChI is InChI=1S/C38H58N4O13/c1-2-3-24-39-31(43)21-18-28(36(49)50)41-33(45)23-20-30(38(53)54)42-34(46)22-19-29(37(51)52)40-32(44)13-11-9-7-5-4-6-8-10-12-25-55-27-16-14-26(15-17-27)35(47)48/h14-17,28-30H,2-13,18-25H2,1H3,(H,39,43)(H,40,44)(H,41,45)(H,42,46)(H,47,48)(H,49,50)(H,51,52)(H,53,54)/t28-,29-,30-/m0/s1. The molecule has 1 aromatic rings. The molecule has 0 saturated carbocycles. The Kier molecular flexibility index (Phi) is 24.6. The lowest BCUT2D eigenvalue weighted by atomic mass is 10.1. The fourth-order valence-corrected chi connectivity index (χ4v) is 5.40. The minimum Gasteiger partial charge on any atom is -0.494 e. The number of carboxylic acid groups (broad SMARTS) is 4. The average molecular weight is 779 g/mol. The number of benzene rings is 1. The van der Waals surface area contributed by atoms with E-state index in [0.717, 1.165) is 64.2 Å². The Bertz CT molecular complexity index is 1390. The Morgan fingerprint density at radius 1 is 0.527 bits per heavy atom. The average Bonchev–Trinajstić information content (AvgIpc) is 3.13. The van der Waals surface area contributed by atoms with Crippen molar-refractivity contribution < 1.29 is 63.5 Å². The van der Waals surface area contributed by atoms with Crippen LogP contribution in [0.5, 0.6) is 5.75 Å². The van der Waals surface area contributed by atoms with E-state index in [4.69, 9.17) is 9.84 Å². The predicted molar refractivity (Wildman–Crippen MR) is 199 cm³/mol. The number of carboxylic acids is 4. The molecule has 1 rings (SSSR count). The van der Waals surface area contributed by atoms with Gasteiger partial charge in [0.15, 0.2) is 0 Å². The first-order chi connectivity index (χ1) is 26.2. The fraction of sp³-hybridized carbons (Fsp3) is 0.632. The number of nitrogens with one attached hydrogen (secondary N) is 4. The highest BCUT2D eigenvalue weighted by molar-refractivity contribution is 5.88. The number of unbranched alkanes of at least 4 members (excludes halogenated alkanes) is 9. The zero-order valence-electron chi connectivity index (χ0n) is 31.6. The van der Waals surface area contributed by atoms with E-state index >= 15 is 0 Å². The van der Waals surface area contributed by atoms with Crippen LogP contribution in [0, 0.1) is 0 Å². The van der Waals surface area contributed by atoms with Gasteiger partial charge in [0.05, 0.1) is 12.2 Å². The van der Waals surface area contributed by atoms with Crippen molar-refractivity contribution in [3.8, 4) is 5.75 Å². The molecule has 0 aliphatic heterocycles. The third-order valence-electron chi connectivity index (χ3n) is 8.65. The molecule has 0 fully saturated rings. The first-order valence-corrected chi connectivity index (χ1v) is 19.0. The molecule has 0 spiro atoms. The topological polar surface area (TPSA) is 275 Å². The Labute approximate surface area is 321 Å². The lowest BCUT2D eigenvalue weighted by molar-refractivity contribution is -0.144. The van der Waals surface area contributed by atoms with E-state index in [9.17, 15) is 53.7 Å². The molecule has 0 aromatic heterocycles. The molecule has 0 radical (unpaired) electrons. The van der Waals surface area contributed by atoms with Crippen LogP contribution in [0.4, 0.5) is 0 Å². The quantitative estimate of drug-likeness (QED) is 0.0486. The molecular weight excluding hydrogens is 720 g/mol. The van der Waals surface area contributed by atoms with Crippen molar-refractivity contribution in [2.45, 2.75) is 141 Å².